The van der Waals surface area contributed by atoms with E-state index in [1.807, 2.05) is 48.5 Å². The van der Waals surface area contributed by atoms with Crippen molar-refractivity contribution in [2.24, 2.45) is 4.99 Å². The van der Waals surface area contributed by atoms with Gasteiger partial charge in [-0.2, -0.15) is 0 Å². The van der Waals surface area contributed by atoms with Gasteiger partial charge in [0.15, 0.2) is 22.2 Å². The molecule has 2 aromatic carbocycles. The Kier molecular flexibility index (Phi) is 8.40. The molecular weight excluding hydrogens is 580 g/mol. The fourth-order valence-corrected chi connectivity index (χ4v) is 6.51. The fraction of sp³-hybridized carbons (Fsp3) is 0.303. The minimum absolute atomic E-state index is 0.168. The number of carbonyl (C=O) groups is 1. The van der Waals surface area contributed by atoms with Crippen LogP contribution >= 0.6 is 11.3 Å². The predicted octanol–water partition coefficient (Wildman–Crippen LogP) is 3.30. The monoisotopic (exact) mass is 614 g/mol. The van der Waals surface area contributed by atoms with Gasteiger partial charge in [0.05, 0.1) is 42.7 Å². The van der Waals surface area contributed by atoms with Gasteiger partial charge in [-0.3, -0.25) is 9.36 Å². The summed E-state index contributed by atoms with van der Waals surface area (Å²) in [5.74, 6) is 1.80. The molecule has 11 heteroatoms. The van der Waals surface area contributed by atoms with Crippen molar-refractivity contribution in [1.82, 2.24) is 9.47 Å². The number of thiazole rings is 1. The Morgan fingerprint density at radius 3 is 2.48 bits per heavy atom. The van der Waals surface area contributed by atoms with Crippen LogP contribution in [0.4, 0.5) is 5.88 Å². The van der Waals surface area contributed by atoms with Gasteiger partial charge >= 0.3 is 5.97 Å². The molecule has 2 aliphatic rings. The van der Waals surface area contributed by atoms with Crippen molar-refractivity contribution in [1.29, 1.82) is 0 Å². The molecule has 4 heterocycles. The lowest BCUT2D eigenvalue weighted by atomic mass is 9.93. The first kappa shape index (κ1) is 29.5. The number of rotatable bonds is 8. The summed E-state index contributed by atoms with van der Waals surface area (Å²) in [6.45, 7) is 5.57. The molecule has 0 aliphatic carbocycles. The lowest BCUT2D eigenvalue weighted by molar-refractivity contribution is -0.138. The molecule has 4 aromatic rings. The van der Waals surface area contributed by atoms with Crippen LogP contribution in [-0.4, -0.2) is 69.5 Å². The lowest BCUT2D eigenvalue weighted by Crippen LogP contribution is -2.44. The number of fused-ring (bicyclic) bond motifs is 1. The van der Waals surface area contributed by atoms with Gasteiger partial charge < -0.3 is 28.4 Å². The standard InChI is InChI=1S/C33H34N4O6S/c1-5-42-32(39)28-29(21-9-7-6-8-10-21)34-33-37(30(28)22-11-13-24(40-3)25(19-22)41-4)31(38)26(44-33)20-23-12-14-27(43-23)36-17-15-35(2)16-18-36/h6-14,19-20,30H,5,15-18H2,1-4H3/b26-20+. The highest BCUT2D eigenvalue weighted by Gasteiger charge is 2.35. The number of benzene rings is 2. The second kappa shape index (κ2) is 12.6. The summed E-state index contributed by atoms with van der Waals surface area (Å²) in [4.78, 5) is 37.7. The van der Waals surface area contributed by atoms with E-state index in [1.54, 1.807) is 43.9 Å². The van der Waals surface area contributed by atoms with Gasteiger partial charge in [-0.05, 0) is 37.7 Å². The molecule has 10 nitrogen and oxygen atoms in total. The van der Waals surface area contributed by atoms with Gasteiger partial charge in [0.25, 0.3) is 5.56 Å². The third kappa shape index (κ3) is 5.56. The van der Waals surface area contributed by atoms with E-state index in [4.69, 9.17) is 23.6 Å². The molecule has 0 N–H and O–H groups in total. The van der Waals surface area contributed by atoms with Gasteiger partial charge in [-0.1, -0.05) is 47.7 Å². The van der Waals surface area contributed by atoms with E-state index in [0.29, 0.717) is 37.9 Å². The van der Waals surface area contributed by atoms with Crippen LogP contribution in [0.25, 0.3) is 11.8 Å². The van der Waals surface area contributed by atoms with E-state index in [0.717, 1.165) is 37.6 Å². The predicted molar refractivity (Wildman–Crippen MR) is 169 cm³/mol. The number of hydrogen-bond donors (Lipinski definition) is 0. The zero-order chi connectivity index (χ0) is 30.8. The number of ether oxygens (including phenoxy) is 3. The SMILES string of the molecule is CCOC(=O)C1=C(c2ccccc2)N=c2s/c(=C/c3ccc(N4CCN(C)CC4)o3)c(=O)n2C1c1ccc(OC)c(OC)c1. The topological polar surface area (TPSA) is 98.7 Å². The number of piperazine rings is 1. The van der Waals surface area contributed by atoms with Crippen LogP contribution in [0.5, 0.6) is 11.5 Å². The van der Waals surface area contributed by atoms with Crippen molar-refractivity contribution in [3.8, 4) is 11.5 Å². The zero-order valence-electron chi connectivity index (χ0n) is 25.1. The second-order valence-electron chi connectivity index (χ2n) is 10.5. The summed E-state index contributed by atoms with van der Waals surface area (Å²) in [5.41, 5.74) is 1.81. The second-order valence-corrected chi connectivity index (χ2v) is 11.5. The Morgan fingerprint density at radius 1 is 1.02 bits per heavy atom. The summed E-state index contributed by atoms with van der Waals surface area (Å²) in [5, 5.41) is 0. The molecule has 1 fully saturated rings. The first-order chi connectivity index (χ1) is 21.4. The summed E-state index contributed by atoms with van der Waals surface area (Å²) in [6, 6.07) is 17.8. The van der Waals surface area contributed by atoms with E-state index in [-0.39, 0.29) is 17.7 Å². The van der Waals surface area contributed by atoms with Crippen molar-refractivity contribution >= 4 is 35.0 Å². The van der Waals surface area contributed by atoms with Crippen LogP contribution in [0.3, 0.4) is 0 Å². The first-order valence-corrected chi connectivity index (χ1v) is 15.3. The van der Waals surface area contributed by atoms with Crippen LogP contribution in [0.2, 0.25) is 0 Å². The lowest BCUT2D eigenvalue weighted by Gasteiger charge is -2.32. The summed E-state index contributed by atoms with van der Waals surface area (Å²) < 4.78 is 24.8. The fourth-order valence-electron chi connectivity index (χ4n) is 5.52. The third-order valence-electron chi connectivity index (χ3n) is 7.80. The number of likely N-dealkylation sites (N-methyl/N-ethyl adjacent to an activating group) is 1. The Labute approximate surface area is 258 Å². The number of furan rings is 1. The molecule has 0 bridgehead atoms. The highest BCUT2D eigenvalue weighted by atomic mass is 32.1. The summed E-state index contributed by atoms with van der Waals surface area (Å²) in [6.07, 6.45) is 1.74. The van der Waals surface area contributed by atoms with Gasteiger partial charge in [0.1, 0.15) is 5.76 Å². The van der Waals surface area contributed by atoms with Gasteiger partial charge in [-0.15, -0.1) is 0 Å². The van der Waals surface area contributed by atoms with Crippen molar-refractivity contribution in [3.63, 3.8) is 0 Å². The molecule has 0 spiro atoms. The highest BCUT2D eigenvalue weighted by Crippen LogP contribution is 2.38. The average Bonchev–Trinajstić information content (AvgIpc) is 3.64. The quantitative estimate of drug-likeness (QED) is 0.279. The molecule has 1 atom stereocenters. The van der Waals surface area contributed by atoms with Gasteiger partial charge in [0.2, 0.25) is 0 Å². The van der Waals surface area contributed by atoms with E-state index in [9.17, 15) is 9.59 Å². The molecule has 0 saturated carbocycles. The van der Waals surface area contributed by atoms with Crippen LogP contribution in [0, 0.1) is 0 Å². The van der Waals surface area contributed by atoms with Crippen LogP contribution < -0.4 is 29.3 Å². The summed E-state index contributed by atoms with van der Waals surface area (Å²) in [7, 11) is 5.21. The molecule has 0 amide bonds. The maximum absolute atomic E-state index is 14.2. The number of esters is 1. The van der Waals surface area contributed by atoms with Crippen molar-refractivity contribution in [3.05, 3.63) is 103 Å². The molecule has 1 unspecified atom stereocenters. The zero-order valence-corrected chi connectivity index (χ0v) is 25.9. The number of hydrogen-bond acceptors (Lipinski definition) is 10. The number of carbonyl (C=O) groups excluding carboxylic acids is 1. The maximum Gasteiger partial charge on any atom is 0.338 e. The van der Waals surface area contributed by atoms with Crippen molar-refractivity contribution < 1.29 is 23.4 Å². The summed E-state index contributed by atoms with van der Waals surface area (Å²) >= 11 is 1.25. The molecule has 228 valence electrons. The average molecular weight is 615 g/mol. The minimum Gasteiger partial charge on any atom is -0.493 e. The minimum atomic E-state index is -0.833. The number of methoxy groups -OCH3 is 2. The number of nitrogens with zero attached hydrogens (tertiary/aromatic N) is 4. The van der Waals surface area contributed by atoms with Crippen LogP contribution in [0.1, 0.15) is 29.9 Å². The molecule has 0 radical (unpaired) electrons. The molecule has 6 rings (SSSR count). The Bertz CT molecular complexity index is 1880. The van der Waals surface area contributed by atoms with Crippen LogP contribution in [0.15, 0.2) is 80.4 Å². The van der Waals surface area contributed by atoms with Gasteiger partial charge in [-0.25, -0.2) is 9.79 Å². The molecule has 1 saturated heterocycles. The van der Waals surface area contributed by atoms with Gasteiger partial charge in [0, 0.05) is 43.9 Å². The molecule has 2 aromatic heterocycles. The number of anilines is 1. The largest absolute Gasteiger partial charge is 0.493 e. The van der Waals surface area contributed by atoms with Crippen molar-refractivity contribution in [2.75, 3.05) is 59.0 Å². The normalized spacial score (nSPS) is 17.3. The molecule has 44 heavy (non-hydrogen) atoms. The third-order valence-corrected chi connectivity index (χ3v) is 8.78. The Morgan fingerprint density at radius 2 is 1.77 bits per heavy atom. The highest BCUT2D eigenvalue weighted by molar-refractivity contribution is 7.07. The van der Waals surface area contributed by atoms with E-state index >= 15 is 0 Å². The maximum atomic E-state index is 14.2. The number of aromatic nitrogens is 1. The van der Waals surface area contributed by atoms with E-state index in [1.165, 1.54) is 11.3 Å². The Hall–Kier alpha value is -4.61. The van der Waals surface area contributed by atoms with Crippen LogP contribution in [-0.2, 0) is 9.53 Å². The Balaban J connectivity index is 1.54. The smallest absolute Gasteiger partial charge is 0.338 e. The molecule has 2 aliphatic heterocycles. The van der Waals surface area contributed by atoms with E-state index in [2.05, 4.69) is 16.8 Å². The first-order valence-electron chi connectivity index (χ1n) is 14.5. The molecular formula is C33H34N4O6S. The van der Waals surface area contributed by atoms with Crippen molar-refractivity contribution in [2.45, 2.75) is 13.0 Å². The van der Waals surface area contributed by atoms with E-state index < -0.39 is 12.0 Å².